The SMILES string of the molecule is NC(=O)c1ccc[n+](Cc2ccc(C[n+]3ccccc3/C=N/O)cc2)c1. The minimum atomic E-state index is -0.434. The molecule has 0 saturated heterocycles. The number of hydrogen-bond acceptors (Lipinski definition) is 3. The average molecular weight is 348 g/mol. The lowest BCUT2D eigenvalue weighted by Gasteiger charge is -2.03. The third kappa shape index (κ3) is 4.30. The molecule has 0 unspecified atom stereocenters. The van der Waals surface area contributed by atoms with Gasteiger partial charge in [-0.2, -0.15) is 9.13 Å². The van der Waals surface area contributed by atoms with E-state index in [4.69, 9.17) is 10.9 Å². The van der Waals surface area contributed by atoms with Crippen molar-refractivity contribution < 1.29 is 19.1 Å². The Bertz CT molecular complexity index is 937. The standard InChI is InChI=1S/C20H18N4O2/c21-20(25)18-4-3-10-23(15-18)13-16-6-8-17(9-7-16)14-24-11-2-1-5-19(24)12-22-26/h1-12,15H,13-14H2,(H-,21,25)/p+2. The third-order valence-electron chi connectivity index (χ3n) is 4.05. The Morgan fingerprint density at radius 3 is 2.42 bits per heavy atom. The van der Waals surface area contributed by atoms with Crippen molar-refractivity contribution in [1.29, 1.82) is 0 Å². The topological polar surface area (TPSA) is 83.4 Å². The summed E-state index contributed by atoms with van der Waals surface area (Å²) in [6, 6.07) is 17.5. The first-order valence-corrected chi connectivity index (χ1v) is 8.18. The maximum Gasteiger partial charge on any atom is 0.254 e. The summed E-state index contributed by atoms with van der Waals surface area (Å²) in [5.41, 5.74) is 8.88. The van der Waals surface area contributed by atoms with E-state index in [1.54, 1.807) is 12.3 Å². The number of primary amides is 1. The lowest BCUT2D eigenvalue weighted by Crippen LogP contribution is -2.38. The monoisotopic (exact) mass is 348 g/mol. The fourth-order valence-corrected chi connectivity index (χ4v) is 2.73. The number of carbonyl (C=O) groups excluding carboxylic acids is 1. The Balaban J connectivity index is 1.73. The van der Waals surface area contributed by atoms with Crippen molar-refractivity contribution in [2.45, 2.75) is 13.1 Å². The van der Waals surface area contributed by atoms with E-state index in [9.17, 15) is 4.79 Å². The van der Waals surface area contributed by atoms with Crippen LogP contribution in [0, 0.1) is 0 Å². The van der Waals surface area contributed by atoms with E-state index in [2.05, 4.69) is 29.4 Å². The first-order chi connectivity index (χ1) is 12.7. The van der Waals surface area contributed by atoms with Crippen LogP contribution in [0.25, 0.3) is 0 Å². The molecule has 0 bridgehead atoms. The number of oxime groups is 1. The zero-order chi connectivity index (χ0) is 18.4. The molecule has 3 rings (SSSR count). The second-order valence-corrected chi connectivity index (χ2v) is 5.94. The summed E-state index contributed by atoms with van der Waals surface area (Å²) >= 11 is 0. The highest BCUT2D eigenvalue weighted by Gasteiger charge is 2.10. The van der Waals surface area contributed by atoms with Crippen LogP contribution in [0.5, 0.6) is 0 Å². The first-order valence-electron chi connectivity index (χ1n) is 8.18. The molecular weight excluding hydrogens is 328 g/mol. The number of nitrogens with zero attached hydrogens (tertiary/aromatic N) is 3. The van der Waals surface area contributed by atoms with Gasteiger partial charge in [-0.15, -0.1) is 0 Å². The van der Waals surface area contributed by atoms with Gasteiger partial charge < -0.3 is 10.9 Å². The van der Waals surface area contributed by atoms with Gasteiger partial charge in [-0.3, -0.25) is 4.79 Å². The number of benzene rings is 1. The van der Waals surface area contributed by atoms with Gasteiger partial charge in [-0.05, 0) is 12.1 Å². The summed E-state index contributed by atoms with van der Waals surface area (Å²) in [6.45, 7) is 1.33. The molecule has 0 radical (unpaired) electrons. The van der Waals surface area contributed by atoms with Crippen LogP contribution in [0.15, 0.2) is 78.3 Å². The molecule has 0 aliphatic rings. The van der Waals surface area contributed by atoms with E-state index < -0.39 is 5.91 Å². The minimum absolute atomic E-state index is 0.434. The van der Waals surface area contributed by atoms with Crippen molar-refractivity contribution in [2.24, 2.45) is 10.9 Å². The van der Waals surface area contributed by atoms with E-state index in [0.717, 1.165) is 16.8 Å². The summed E-state index contributed by atoms with van der Waals surface area (Å²) in [5, 5.41) is 11.9. The lowest BCUT2D eigenvalue weighted by molar-refractivity contribution is -0.689. The second kappa shape index (κ2) is 8.02. The molecule has 2 heterocycles. The molecular formula is C20H20N4O2+2. The Kier molecular flexibility index (Phi) is 5.34. The van der Waals surface area contributed by atoms with Crippen LogP contribution in [0.4, 0.5) is 0 Å². The summed E-state index contributed by atoms with van der Waals surface area (Å²) < 4.78 is 3.93. The van der Waals surface area contributed by atoms with Gasteiger partial charge in [0, 0.05) is 29.3 Å². The quantitative estimate of drug-likeness (QED) is 0.304. The van der Waals surface area contributed by atoms with E-state index in [1.165, 1.54) is 6.21 Å². The third-order valence-corrected chi connectivity index (χ3v) is 4.05. The Hall–Kier alpha value is -3.54. The molecule has 130 valence electrons. The van der Waals surface area contributed by atoms with Gasteiger partial charge >= 0.3 is 0 Å². The average Bonchev–Trinajstić information content (AvgIpc) is 2.65. The van der Waals surface area contributed by atoms with Crippen LogP contribution in [0.2, 0.25) is 0 Å². The maximum absolute atomic E-state index is 11.3. The highest BCUT2D eigenvalue weighted by atomic mass is 16.4. The highest BCUT2D eigenvalue weighted by Crippen LogP contribution is 2.05. The number of carbonyl (C=O) groups is 1. The summed E-state index contributed by atoms with van der Waals surface area (Å²) in [4.78, 5) is 11.3. The van der Waals surface area contributed by atoms with Crippen molar-refractivity contribution in [1.82, 2.24) is 0 Å². The fourth-order valence-electron chi connectivity index (χ4n) is 2.73. The zero-order valence-electron chi connectivity index (χ0n) is 14.2. The van der Waals surface area contributed by atoms with Gasteiger partial charge in [-0.1, -0.05) is 29.4 Å². The number of aromatic nitrogens is 2. The predicted octanol–water partition coefficient (Wildman–Crippen LogP) is 1.27. The molecule has 1 amide bonds. The number of rotatable bonds is 6. The fraction of sp³-hybridized carbons (Fsp3) is 0.100. The number of hydrogen-bond donors (Lipinski definition) is 2. The summed E-state index contributed by atoms with van der Waals surface area (Å²) in [7, 11) is 0. The van der Waals surface area contributed by atoms with Crippen LogP contribution in [0.3, 0.4) is 0 Å². The highest BCUT2D eigenvalue weighted by molar-refractivity contribution is 5.92. The van der Waals surface area contributed by atoms with E-state index in [-0.39, 0.29) is 0 Å². The molecule has 6 nitrogen and oxygen atoms in total. The summed E-state index contributed by atoms with van der Waals surface area (Å²) in [5.74, 6) is -0.434. The maximum atomic E-state index is 11.3. The van der Waals surface area contributed by atoms with Crippen LogP contribution in [0.1, 0.15) is 27.2 Å². The molecule has 1 aromatic carbocycles. The summed E-state index contributed by atoms with van der Waals surface area (Å²) in [6.07, 6.45) is 7.00. The Morgan fingerprint density at radius 1 is 1.00 bits per heavy atom. The smallest absolute Gasteiger partial charge is 0.254 e. The predicted molar refractivity (Wildman–Crippen MR) is 95.8 cm³/mol. The molecule has 3 N–H and O–H groups in total. The molecule has 2 aromatic heterocycles. The largest absolute Gasteiger partial charge is 0.411 e. The Morgan fingerprint density at radius 2 is 1.73 bits per heavy atom. The van der Waals surface area contributed by atoms with Crippen molar-refractivity contribution in [2.75, 3.05) is 0 Å². The molecule has 0 spiro atoms. The second-order valence-electron chi connectivity index (χ2n) is 5.94. The van der Waals surface area contributed by atoms with Gasteiger partial charge in [0.25, 0.3) is 5.91 Å². The number of amides is 1. The van der Waals surface area contributed by atoms with Gasteiger partial charge in [-0.25, -0.2) is 0 Å². The first kappa shape index (κ1) is 17.3. The van der Waals surface area contributed by atoms with Gasteiger partial charge in [0.05, 0.1) is 0 Å². The van der Waals surface area contributed by atoms with Gasteiger partial charge in [0.2, 0.25) is 5.69 Å². The zero-order valence-corrected chi connectivity index (χ0v) is 14.2. The molecule has 3 aromatic rings. The molecule has 0 atom stereocenters. The van der Waals surface area contributed by atoms with E-state index in [0.29, 0.717) is 18.7 Å². The number of pyridine rings is 2. The molecule has 0 saturated carbocycles. The molecule has 0 fully saturated rings. The van der Waals surface area contributed by atoms with Crippen LogP contribution in [-0.2, 0) is 13.1 Å². The van der Waals surface area contributed by atoms with Crippen LogP contribution < -0.4 is 14.9 Å². The molecule has 6 heteroatoms. The van der Waals surface area contributed by atoms with Crippen molar-refractivity contribution in [3.05, 3.63) is 95.6 Å². The van der Waals surface area contributed by atoms with E-state index >= 15 is 0 Å². The van der Waals surface area contributed by atoms with Crippen molar-refractivity contribution in [3.63, 3.8) is 0 Å². The Labute approximate surface area is 151 Å². The molecule has 26 heavy (non-hydrogen) atoms. The van der Waals surface area contributed by atoms with Gasteiger partial charge in [0.1, 0.15) is 11.8 Å². The molecule has 0 aliphatic carbocycles. The van der Waals surface area contributed by atoms with Crippen LogP contribution >= 0.6 is 0 Å². The van der Waals surface area contributed by atoms with Crippen molar-refractivity contribution >= 4 is 12.1 Å². The van der Waals surface area contributed by atoms with E-state index in [1.807, 2.05) is 45.8 Å². The molecule has 0 aliphatic heterocycles. The van der Waals surface area contributed by atoms with Crippen LogP contribution in [-0.4, -0.2) is 17.3 Å². The normalized spacial score (nSPS) is 10.9. The van der Waals surface area contributed by atoms with Gasteiger partial charge in [0.15, 0.2) is 31.7 Å². The minimum Gasteiger partial charge on any atom is -0.411 e. The van der Waals surface area contributed by atoms with Crippen molar-refractivity contribution in [3.8, 4) is 0 Å². The number of nitrogens with two attached hydrogens (primary N) is 1. The lowest BCUT2D eigenvalue weighted by atomic mass is 10.1.